The molecule has 2 N–H and O–H groups in total. The van der Waals surface area contributed by atoms with Crippen LogP contribution >= 0.6 is 0 Å². The number of halogens is 1. The summed E-state index contributed by atoms with van der Waals surface area (Å²) < 4.78 is 13.1. The molecule has 0 bridgehead atoms. The van der Waals surface area contributed by atoms with E-state index in [2.05, 4.69) is 13.8 Å². The average Bonchev–Trinajstić information content (AvgIpc) is 2.41. The number of nitrogens with two attached hydrogens (primary N) is 1. The van der Waals surface area contributed by atoms with Crippen molar-refractivity contribution in [3.63, 3.8) is 0 Å². The van der Waals surface area contributed by atoms with Crippen LogP contribution in [0.2, 0.25) is 0 Å². The normalized spacial score (nSPS) is 28.2. The van der Waals surface area contributed by atoms with Gasteiger partial charge >= 0.3 is 0 Å². The van der Waals surface area contributed by atoms with Crippen LogP contribution in [0.1, 0.15) is 38.7 Å². The second-order valence-electron chi connectivity index (χ2n) is 5.70. The van der Waals surface area contributed by atoms with E-state index in [0.717, 1.165) is 18.4 Å². The van der Waals surface area contributed by atoms with Crippen LogP contribution in [0.4, 0.5) is 4.39 Å². The molecule has 88 valence electrons. The third-order valence-corrected chi connectivity index (χ3v) is 4.18. The molecule has 0 amide bonds. The Labute approximate surface area is 96.9 Å². The van der Waals surface area contributed by atoms with E-state index >= 15 is 0 Å². The van der Waals surface area contributed by atoms with Gasteiger partial charge in [0.2, 0.25) is 0 Å². The van der Waals surface area contributed by atoms with Gasteiger partial charge in [0.25, 0.3) is 0 Å². The summed E-state index contributed by atoms with van der Waals surface area (Å²) in [5.74, 6) is -0.170. The minimum atomic E-state index is -0.180. The SMILES string of the molecule is CC1(C)CCCC1(N)Cc1cccc(F)c1. The molecule has 1 aliphatic carbocycles. The molecule has 0 heterocycles. The van der Waals surface area contributed by atoms with Crippen molar-refractivity contribution < 1.29 is 4.39 Å². The maximum absolute atomic E-state index is 13.1. The number of hydrogen-bond donors (Lipinski definition) is 1. The molecular formula is C14H20FN. The minimum Gasteiger partial charge on any atom is -0.324 e. The first-order valence-electron chi connectivity index (χ1n) is 5.96. The number of hydrogen-bond acceptors (Lipinski definition) is 1. The predicted octanol–water partition coefficient (Wildman–Crippen LogP) is 3.28. The molecule has 0 spiro atoms. The van der Waals surface area contributed by atoms with Crippen LogP contribution in [-0.2, 0) is 6.42 Å². The molecule has 1 atom stereocenters. The van der Waals surface area contributed by atoms with Crippen LogP contribution < -0.4 is 5.73 Å². The lowest BCUT2D eigenvalue weighted by molar-refractivity contribution is 0.207. The van der Waals surface area contributed by atoms with Crippen molar-refractivity contribution in [3.8, 4) is 0 Å². The zero-order valence-electron chi connectivity index (χ0n) is 10.1. The van der Waals surface area contributed by atoms with Gasteiger partial charge in [-0.05, 0) is 42.4 Å². The lowest BCUT2D eigenvalue weighted by Crippen LogP contribution is -2.50. The fourth-order valence-electron chi connectivity index (χ4n) is 2.77. The second-order valence-corrected chi connectivity index (χ2v) is 5.70. The summed E-state index contributed by atoms with van der Waals surface area (Å²) in [5.41, 5.74) is 7.48. The van der Waals surface area contributed by atoms with Crippen LogP contribution in [0.25, 0.3) is 0 Å². The van der Waals surface area contributed by atoms with Gasteiger partial charge in [-0.1, -0.05) is 32.4 Å². The van der Waals surface area contributed by atoms with Gasteiger partial charge in [-0.25, -0.2) is 4.39 Å². The Hall–Kier alpha value is -0.890. The molecule has 1 aliphatic rings. The zero-order chi connectivity index (χ0) is 11.8. The average molecular weight is 221 g/mol. The smallest absolute Gasteiger partial charge is 0.123 e. The Kier molecular flexibility index (Phi) is 2.79. The fraction of sp³-hybridized carbons (Fsp3) is 0.571. The molecule has 0 aliphatic heterocycles. The molecule has 16 heavy (non-hydrogen) atoms. The first-order chi connectivity index (χ1) is 7.43. The molecule has 1 aromatic rings. The molecule has 1 saturated carbocycles. The highest BCUT2D eigenvalue weighted by Crippen LogP contribution is 2.45. The topological polar surface area (TPSA) is 26.0 Å². The predicted molar refractivity (Wildman–Crippen MR) is 64.7 cm³/mol. The minimum absolute atomic E-state index is 0.152. The van der Waals surface area contributed by atoms with Crippen LogP contribution in [0.5, 0.6) is 0 Å². The van der Waals surface area contributed by atoms with E-state index in [1.807, 2.05) is 6.07 Å². The van der Waals surface area contributed by atoms with Gasteiger partial charge in [0, 0.05) is 5.54 Å². The summed E-state index contributed by atoms with van der Waals surface area (Å²) in [6, 6.07) is 6.80. The molecule has 2 heteroatoms. The summed E-state index contributed by atoms with van der Waals surface area (Å²) in [7, 11) is 0. The molecule has 1 unspecified atom stereocenters. The summed E-state index contributed by atoms with van der Waals surface area (Å²) >= 11 is 0. The highest BCUT2D eigenvalue weighted by Gasteiger charge is 2.45. The van der Waals surface area contributed by atoms with E-state index in [0.29, 0.717) is 0 Å². The molecule has 0 saturated heterocycles. The van der Waals surface area contributed by atoms with Crippen molar-refractivity contribution in [2.24, 2.45) is 11.1 Å². The van der Waals surface area contributed by atoms with Gasteiger partial charge in [-0.3, -0.25) is 0 Å². The van der Waals surface area contributed by atoms with Crippen LogP contribution in [0.15, 0.2) is 24.3 Å². The number of benzene rings is 1. The highest BCUT2D eigenvalue weighted by atomic mass is 19.1. The second kappa shape index (κ2) is 3.85. The molecule has 1 fully saturated rings. The zero-order valence-corrected chi connectivity index (χ0v) is 10.1. The van der Waals surface area contributed by atoms with Crippen molar-refractivity contribution in [2.75, 3.05) is 0 Å². The van der Waals surface area contributed by atoms with E-state index in [1.54, 1.807) is 12.1 Å². The van der Waals surface area contributed by atoms with Gasteiger partial charge in [0.05, 0.1) is 0 Å². The summed E-state index contributed by atoms with van der Waals surface area (Å²) in [4.78, 5) is 0. The van der Waals surface area contributed by atoms with Crippen molar-refractivity contribution in [1.29, 1.82) is 0 Å². The van der Waals surface area contributed by atoms with E-state index in [1.165, 1.54) is 18.9 Å². The first kappa shape index (κ1) is 11.6. The van der Waals surface area contributed by atoms with E-state index in [9.17, 15) is 4.39 Å². The Balaban J connectivity index is 2.21. The van der Waals surface area contributed by atoms with Crippen LogP contribution in [0.3, 0.4) is 0 Å². The molecule has 2 rings (SSSR count). The quantitative estimate of drug-likeness (QED) is 0.815. The Morgan fingerprint density at radius 3 is 2.62 bits per heavy atom. The van der Waals surface area contributed by atoms with Crippen molar-refractivity contribution in [2.45, 2.75) is 45.1 Å². The van der Waals surface area contributed by atoms with Gasteiger partial charge in [-0.15, -0.1) is 0 Å². The molecule has 0 aromatic heterocycles. The van der Waals surface area contributed by atoms with Crippen molar-refractivity contribution in [1.82, 2.24) is 0 Å². The molecule has 1 aromatic carbocycles. The standard InChI is InChI=1S/C14H20FN/c1-13(2)7-4-8-14(13,16)10-11-5-3-6-12(15)9-11/h3,5-6,9H,4,7-8,10,16H2,1-2H3. The van der Waals surface area contributed by atoms with Gasteiger partial charge in [0.1, 0.15) is 5.82 Å². The van der Waals surface area contributed by atoms with E-state index in [-0.39, 0.29) is 16.8 Å². The monoisotopic (exact) mass is 221 g/mol. The maximum Gasteiger partial charge on any atom is 0.123 e. The largest absolute Gasteiger partial charge is 0.324 e. The van der Waals surface area contributed by atoms with E-state index in [4.69, 9.17) is 5.73 Å². The summed E-state index contributed by atoms with van der Waals surface area (Å²) in [6.07, 6.45) is 4.16. The van der Waals surface area contributed by atoms with Gasteiger partial charge in [0.15, 0.2) is 0 Å². The lowest BCUT2D eigenvalue weighted by Gasteiger charge is -2.38. The van der Waals surface area contributed by atoms with Gasteiger partial charge in [-0.2, -0.15) is 0 Å². The van der Waals surface area contributed by atoms with Crippen molar-refractivity contribution >= 4 is 0 Å². The van der Waals surface area contributed by atoms with Crippen LogP contribution in [-0.4, -0.2) is 5.54 Å². The van der Waals surface area contributed by atoms with E-state index < -0.39 is 0 Å². The Morgan fingerprint density at radius 1 is 1.31 bits per heavy atom. The number of rotatable bonds is 2. The molecular weight excluding hydrogens is 201 g/mol. The highest BCUT2D eigenvalue weighted by molar-refractivity contribution is 5.21. The molecule has 1 nitrogen and oxygen atoms in total. The van der Waals surface area contributed by atoms with Crippen LogP contribution in [0, 0.1) is 11.2 Å². The summed E-state index contributed by atoms with van der Waals surface area (Å²) in [5, 5.41) is 0. The first-order valence-corrected chi connectivity index (χ1v) is 5.96. The Bertz CT molecular complexity index is 386. The summed E-state index contributed by atoms with van der Waals surface area (Å²) in [6.45, 7) is 4.44. The maximum atomic E-state index is 13.1. The third-order valence-electron chi connectivity index (χ3n) is 4.18. The third kappa shape index (κ3) is 1.99. The molecule has 0 radical (unpaired) electrons. The Morgan fingerprint density at radius 2 is 2.06 bits per heavy atom. The van der Waals surface area contributed by atoms with Gasteiger partial charge < -0.3 is 5.73 Å². The van der Waals surface area contributed by atoms with Crippen molar-refractivity contribution in [3.05, 3.63) is 35.6 Å². The lowest BCUT2D eigenvalue weighted by atomic mass is 9.72. The fourth-order valence-corrected chi connectivity index (χ4v) is 2.77.